The third-order valence-corrected chi connectivity index (χ3v) is 5.32. The third kappa shape index (κ3) is 3.76. The highest BCUT2D eigenvalue weighted by Gasteiger charge is 2.41. The number of piperidine rings is 1. The van der Waals surface area contributed by atoms with Crippen molar-refractivity contribution in [2.24, 2.45) is 0 Å². The van der Waals surface area contributed by atoms with Gasteiger partial charge in [-0.1, -0.05) is 6.07 Å². The molecule has 26 heavy (non-hydrogen) atoms. The Bertz CT molecular complexity index is 730. The number of aromatic nitrogens is 2. The number of hydrogen-bond donors (Lipinski definition) is 0. The van der Waals surface area contributed by atoms with E-state index in [1.807, 2.05) is 29.3 Å². The second kappa shape index (κ2) is 7.51. The summed E-state index contributed by atoms with van der Waals surface area (Å²) < 4.78 is 6.17. The summed E-state index contributed by atoms with van der Waals surface area (Å²) in [7, 11) is 0. The number of pyridine rings is 2. The molecule has 6 heteroatoms. The zero-order valence-electron chi connectivity index (χ0n) is 14.9. The topological polar surface area (TPSA) is 58.6 Å². The van der Waals surface area contributed by atoms with Crippen molar-refractivity contribution in [3.63, 3.8) is 0 Å². The summed E-state index contributed by atoms with van der Waals surface area (Å²) in [5.41, 5.74) is 1.54. The van der Waals surface area contributed by atoms with E-state index in [1.165, 1.54) is 0 Å². The van der Waals surface area contributed by atoms with Crippen molar-refractivity contribution in [1.82, 2.24) is 19.8 Å². The Morgan fingerprint density at radius 3 is 2.73 bits per heavy atom. The third-order valence-electron chi connectivity index (χ3n) is 5.32. The Morgan fingerprint density at radius 1 is 1.12 bits per heavy atom. The first-order valence-corrected chi connectivity index (χ1v) is 9.20. The minimum atomic E-state index is -0.212. The molecule has 2 fully saturated rings. The molecule has 0 radical (unpaired) electrons. The molecule has 2 aromatic heterocycles. The van der Waals surface area contributed by atoms with Gasteiger partial charge in [-0.2, -0.15) is 0 Å². The van der Waals surface area contributed by atoms with Gasteiger partial charge in [0, 0.05) is 44.8 Å². The van der Waals surface area contributed by atoms with Crippen molar-refractivity contribution in [3.8, 4) is 0 Å². The summed E-state index contributed by atoms with van der Waals surface area (Å²) in [6.07, 6.45) is 7.05. The highest BCUT2D eigenvalue weighted by atomic mass is 16.5. The van der Waals surface area contributed by atoms with Crippen LogP contribution in [0.5, 0.6) is 0 Å². The quantitative estimate of drug-likeness (QED) is 0.845. The zero-order chi connectivity index (χ0) is 17.8. The van der Waals surface area contributed by atoms with Crippen LogP contribution in [-0.2, 0) is 11.3 Å². The van der Waals surface area contributed by atoms with E-state index in [0.29, 0.717) is 25.3 Å². The van der Waals surface area contributed by atoms with Gasteiger partial charge in [-0.25, -0.2) is 0 Å². The van der Waals surface area contributed by atoms with Crippen molar-refractivity contribution < 1.29 is 9.53 Å². The van der Waals surface area contributed by atoms with E-state index in [0.717, 1.165) is 38.2 Å². The van der Waals surface area contributed by atoms with Gasteiger partial charge in [-0.05, 0) is 37.1 Å². The van der Waals surface area contributed by atoms with Crippen LogP contribution in [0.2, 0.25) is 0 Å². The molecular formula is C20H24N4O2. The molecule has 2 aliphatic rings. The summed E-state index contributed by atoms with van der Waals surface area (Å²) in [6, 6.07) is 9.67. The molecule has 2 aromatic rings. The first-order chi connectivity index (χ1) is 12.7. The summed E-state index contributed by atoms with van der Waals surface area (Å²) >= 11 is 0. The molecule has 0 aliphatic carbocycles. The molecule has 1 spiro atoms. The maximum absolute atomic E-state index is 12.7. The maximum Gasteiger partial charge on any atom is 0.255 e. The number of amides is 1. The van der Waals surface area contributed by atoms with Crippen LogP contribution in [0.15, 0.2) is 48.9 Å². The predicted octanol–water partition coefficient (Wildman–Crippen LogP) is 1.98. The summed E-state index contributed by atoms with van der Waals surface area (Å²) in [4.78, 5) is 25.6. The number of nitrogens with zero attached hydrogens (tertiary/aromatic N) is 4. The fraction of sp³-hybridized carbons (Fsp3) is 0.450. The van der Waals surface area contributed by atoms with Crippen LogP contribution in [0, 0.1) is 0 Å². The van der Waals surface area contributed by atoms with Crippen LogP contribution in [0.25, 0.3) is 0 Å². The smallest absolute Gasteiger partial charge is 0.255 e. The van der Waals surface area contributed by atoms with Crippen molar-refractivity contribution in [2.75, 3.05) is 32.8 Å². The molecule has 4 heterocycles. The van der Waals surface area contributed by atoms with Gasteiger partial charge in [0.25, 0.3) is 5.91 Å². The van der Waals surface area contributed by atoms with Gasteiger partial charge in [0.05, 0.1) is 30.0 Å². The number of likely N-dealkylation sites (tertiary alicyclic amines) is 1. The van der Waals surface area contributed by atoms with Crippen LogP contribution < -0.4 is 0 Å². The van der Waals surface area contributed by atoms with Crippen LogP contribution in [0.3, 0.4) is 0 Å². The highest BCUT2D eigenvalue weighted by molar-refractivity contribution is 5.94. The predicted molar refractivity (Wildman–Crippen MR) is 97.6 cm³/mol. The summed E-state index contributed by atoms with van der Waals surface area (Å²) in [5.74, 6) is 0.0525. The molecular weight excluding hydrogens is 328 g/mol. The molecule has 1 amide bonds. The van der Waals surface area contributed by atoms with Gasteiger partial charge in [0.1, 0.15) is 0 Å². The summed E-state index contributed by atoms with van der Waals surface area (Å²) in [6.45, 7) is 4.71. The van der Waals surface area contributed by atoms with Gasteiger partial charge in [-0.15, -0.1) is 0 Å². The molecule has 2 aliphatic heterocycles. The minimum Gasteiger partial charge on any atom is -0.371 e. The van der Waals surface area contributed by atoms with Gasteiger partial charge < -0.3 is 9.64 Å². The lowest BCUT2D eigenvalue weighted by Crippen LogP contribution is -2.57. The first kappa shape index (κ1) is 17.1. The molecule has 6 nitrogen and oxygen atoms in total. The van der Waals surface area contributed by atoms with Crippen molar-refractivity contribution >= 4 is 5.91 Å². The van der Waals surface area contributed by atoms with E-state index >= 15 is 0 Å². The van der Waals surface area contributed by atoms with Crippen molar-refractivity contribution in [3.05, 3.63) is 60.2 Å². The van der Waals surface area contributed by atoms with E-state index in [-0.39, 0.29) is 11.5 Å². The van der Waals surface area contributed by atoms with Gasteiger partial charge in [0.15, 0.2) is 0 Å². The number of carbonyl (C=O) groups excluding carboxylic acids is 1. The average Bonchev–Trinajstić information content (AvgIpc) is 2.71. The Balaban J connectivity index is 1.37. The van der Waals surface area contributed by atoms with E-state index in [1.54, 1.807) is 18.5 Å². The number of ether oxygens (including phenoxy) is 1. The SMILES string of the molecule is O=C(c1cccnc1)N1CCOC2(CCN(Cc3ccccn3)CC2)C1. The molecule has 0 atom stereocenters. The van der Waals surface area contributed by atoms with Crippen molar-refractivity contribution in [1.29, 1.82) is 0 Å². The lowest BCUT2D eigenvalue weighted by Gasteiger charge is -2.47. The number of hydrogen-bond acceptors (Lipinski definition) is 5. The fourth-order valence-electron chi connectivity index (χ4n) is 3.83. The van der Waals surface area contributed by atoms with E-state index in [9.17, 15) is 4.79 Å². The Morgan fingerprint density at radius 2 is 2.00 bits per heavy atom. The molecule has 2 saturated heterocycles. The fourth-order valence-corrected chi connectivity index (χ4v) is 3.83. The Hall–Kier alpha value is -2.31. The molecule has 136 valence electrons. The maximum atomic E-state index is 12.7. The second-order valence-electron chi connectivity index (χ2n) is 7.10. The van der Waals surface area contributed by atoms with Crippen molar-refractivity contribution in [2.45, 2.75) is 25.0 Å². The van der Waals surface area contributed by atoms with Crippen LogP contribution >= 0.6 is 0 Å². The molecule has 0 bridgehead atoms. The summed E-state index contributed by atoms with van der Waals surface area (Å²) in [5, 5.41) is 0. The number of rotatable bonds is 3. The Labute approximate surface area is 153 Å². The lowest BCUT2D eigenvalue weighted by molar-refractivity contribution is -0.128. The number of carbonyl (C=O) groups is 1. The van der Waals surface area contributed by atoms with Crippen LogP contribution in [-0.4, -0.2) is 64.1 Å². The van der Waals surface area contributed by atoms with E-state index in [4.69, 9.17) is 4.74 Å². The van der Waals surface area contributed by atoms with E-state index in [2.05, 4.69) is 20.9 Å². The number of morpholine rings is 1. The average molecular weight is 352 g/mol. The Kier molecular flexibility index (Phi) is 4.95. The van der Waals surface area contributed by atoms with Gasteiger partial charge in [0.2, 0.25) is 0 Å². The first-order valence-electron chi connectivity index (χ1n) is 9.20. The van der Waals surface area contributed by atoms with Gasteiger partial charge in [-0.3, -0.25) is 19.7 Å². The highest BCUT2D eigenvalue weighted by Crippen LogP contribution is 2.31. The molecule has 0 N–H and O–H groups in total. The van der Waals surface area contributed by atoms with Crippen LogP contribution in [0.4, 0.5) is 0 Å². The second-order valence-corrected chi connectivity index (χ2v) is 7.10. The molecule has 4 rings (SSSR count). The van der Waals surface area contributed by atoms with E-state index < -0.39 is 0 Å². The molecule has 0 unspecified atom stereocenters. The molecule has 0 saturated carbocycles. The monoisotopic (exact) mass is 352 g/mol. The normalized spacial score (nSPS) is 20.2. The minimum absolute atomic E-state index is 0.0525. The molecule has 0 aromatic carbocycles. The largest absolute Gasteiger partial charge is 0.371 e. The lowest BCUT2D eigenvalue weighted by atomic mass is 9.89. The van der Waals surface area contributed by atoms with Gasteiger partial charge >= 0.3 is 0 Å². The standard InChI is InChI=1S/C20H24N4O2/c25-19(17-4-3-8-21-14-17)24-12-13-26-20(16-24)6-10-23(11-7-20)15-18-5-1-2-9-22-18/h1-5,8-9,14H,6-7,10-13,15-16H2. The van der Waals surface area contributed by atoms with Crippen LogP contribution in [0.1, 0.15) is 28.9 Å². The zero-order valence-corrected chi connectivity index (χ0v) is 14.9.